The summed E-state index contributed by atoms with van der Waals surface area (Å²) < 4.78 is 4.86. The van der Waals surface area contributed by atoms with Gasteiger partial charge in [-0.05, 0) is 36.0 Å². The summed E-state index contributed by atoms with van der Waals surface area (Å²) in [4.78, 5) is 12.3. The van der Waals surface area contributed by atoms with Crippen LogP contribution in [0.4, 0.5) is 0 Å². The third-order valence-corrected chi connectivity index (χ3v) is 3.42. The van der Waals surface area contributed by atoms with E-state index in [-0.39, 0.29) is 0 Å². The summed E-state index contributed by atoms with van der Waals surface area (Å²) in [7, 11) is 0. The van der Waals surface area contributed by atoms with Crippen LogP contribution >= 0.6 is 0 Å². The fourth-order valence-electron chi connectivity index (χ4n) is 2.48. The Kier molecular flexibility index (Phi) is 6.15. The van der Waals surface area contributed by atoms with Gasteiger partial charge in [0.15, 0.2) is 0 Å². The molecule has 0 bridgehead atoms. The van der Waals surface area contributed by atoms with Gasteiger partial charge in [-0.25, -0.2) is 4.98 Å². The van der Waals surface area contributed by atoms with Gasteiger partial charge in [0.1, 0.15) is 12.1 Å². The van der Waals surface area contributed by atoms with Gasteiger partial charge < -0.3 is 9.72 Å². The first-order valence-electron chi connectivity index (χ1n) is 8.00. The number of nitrogens with zero attached hydrogens (tertiary/aromatic N) is 2. The fraction of sp³-hybridized carbons (Fsp3) is 0.368. The van der Waals surface area contributed by atoms with Gasteiger partial charge in [0.05, 0.1) is 23.5 Å². The van der Waals surface area contributed by atoms with Crippen LogP contribution in [0.2, 0.25) is 0 Å². The molecule has 1 N–H and O–H groups in total. The molecule has 0 radical (unpaired) electrons. The zero-order valence-electron chi connectivity index (χ0n) is 14.1. The Balaban J connectivity index is 2.01. The number of nitrogens with one attached hydrogen (secondary N) is 1. The molecule has 1 aromatic carbocycles. The molecule has 23 heavy (non-hydrogen) atoms. The summed E-state index contributed by atoms with van der Waals surface area (Å²) in [6.45, 7) is 10.0. The number of ether oxygens (including phenoxy) is 1. The highest BCUT2D eigenvalue weighted by molar-refractivity contribution is 5.76. The lowest BCUT2D eigenvalue weighted by Gasteiger charge is -2.03. The molecule has 0 fully saturated rings. The van der Waals surface area contributed by atoms with Crippen LogP contribution in [0.15, 0.2) is 48.5 Å². The lowest BCUT2D eigenvalue weighted by atomic mass is 10.0. The van der Waals surface area contributed by atoms with E-state index in [1.54, 1.807) is 6.20 Å². The first-order chi connectivity index (χ1) is 11.1. The average molecular weight is 311 g/mol. The number of rotatable bonds is 8. The van der Waals surface area contributed by atoms with E-state index in [1.807, 2.05) is 6.21 Å². The maximum atomic E-state index is 4.86. The molecular formula is C19H25N3O. The largest absolute Gasteiger partial charge is 0.472 e. The van der Waals surface area contributed by atoms with Crippen LogP contribution in [-0.2, 0) is 17.6 Å². The van der Waals surface area contributed by atoms with Gasteiger partial charge in [-0.1, -0.05) is 33.4 Å². The highest BCUT2D eigenvalue weighted by Gasteiger charge is 2.07. The van der Waals surface area contributed by atoms with Gasteiger partial charge >= 0.3 is 0 Å². The minimum atomic E-state index is 0.291. The molecule has 122 valence electrons. The normalized spacial score (nSPS) is 13.4. The summed E-state index contributed by atoms with van der Waals surface area (Å²) in [6, 6.07) is 6.49. The van der Waals surface area contributed by atoms with Crippen molar-refractivity contribution in [3.8, 4) is 0 Å². The maximum Gasteiger partial charge on any atom is 0.108 e. The molecule has 0 spiro atoms. The Morgan fingerprint density at radius 1 is 1.30 bits per heavy atom. The zero-order valence-corrected chi connectivity index (χ0v) is 14.1. The van der Waals surface area contributed by atoms with Crippen molar-refractivity contribution in [1.29, 1.82) is 0 Å². The molecule has 4 heteroatoms. The SMILES string of the molecule is C=CO/C=C\N=C\C(C)Cc1nc2cc(CC(C)C)ccc2[nH]1. The summed E-state index contributed by atoms with van der Waals surface area (Å²) >= 11 is 0. The van der Waals surface area contributed by atoms with E-state index in [2.05, 4.69) is 55.5 Å². The van der Waals surface area contributed by atoms with Crippen molar-refractivity contribution < 1.29 is 4.74 Å². The quantitative estimate of drug-likeness (QED) is 0.570. The van der Waals surface area contributed by atoms with Crippen LogP contribution in [0.1, 0.15) is 32.2 Å². The van der Waals surface area contributed by atoms with E-state index >= 15 is 0 Å². The Hall–Kier alpha value is -2.36. The van der Waals surface area contributed by atoms with Gasteiger partial charge in [-0.2, -0.15) is 0 Å². The highest BCUT2D eigenvalue weighted by Crippen LogP contribution is 2.17. The lowest BCUT2D eigenvalue weighted by molar-refractivity contribution is 0.403. The monoisotopic (exact) mass is 311 g/mol. The van der Waals surface area contributed by atoms with Gasteiger partial charge in [-0.15, -0.1) is 0 Å². The topological polar surface area (TPSA) is 50.3 Å². The van der Waals surface area contributed by atoms with Crippen molar-refractivity contribution >= 4 is 17.2 Å². The number of benzene rings is 1. The third kappa shape index (κ3) is 5.40. The molecular weight excluding hydrogens is 286 g/mol. The first-order valence-corrected chi connectivity index (χ1v) is 8.00. The van der Waals surface area contributed by atoms with Gasteiger partial charge in [-0.3, -0.25) is 4.99 Å². The van der Waals surface area contributed by atoms with Crippen LogP contribution in [0.5, 0.6) is 0 Å². The van der Waals surface area contributed by atoms with Crippen LogP contribution in [0.3, 0.4) is 0 Å². The fourth-order valence-corrected chi connectivity index (χ4v) is 2.48. The summed E-state index contributed by atoms with van der Waals surface area (Å²) in [5.74, 6) is 1.94. The minimum absolute atomic E-state index is 0.291. The van der Waals surface area contributed by atoms with E-state index < -0.39 is 0 Å². The Morgan fingerprint density at radius 3 is 2.87 bits per heavy atom. The zero-order chi connectivity index (χ0) is 16.7. The van der Waals surface area contributed by atoms with Gasteiger partial charge in [0, 0.05) is 12.6 Å². The van der Waals surface area contributed by atoms with Crippen molar-refractivity contribution in [1.82, 2.24) is 9.97 Å². The van der Waals surface area contributed by atoms with Crippen LogP contribution in [0.25, 0.3) is 11.0 Å². The number of imidazole rings is 1. The van der Waals surface area contributed by atoms with Crippen LogP contribution in [-0.4, -0.2) is 16.2 Å². The smallest absolute Gasteiger partial charge is 0.108 e. The van der Waals surface area contributed by atoms with E-state index in [4.69, 9.17) is 9.72 Å². The van der Waals surface area contributed by atoms with Crippen molar-refractivity contribution in [2.45, 2.75) is 33.6 Å². The second-order valence-corrected chi connectivity index (χ2v) is 6.20. The molecule has 1 atom stereocenters. The Labute approximate surface area is 138 Å². The molecule has 1 unspecified atom stereocenters. The molecule has 1 heterocycles. The average Bonchev–Trinajstić information content (AvgIpc) is 2.87. The third-order valence-electron chi connectivity index (χ3n) is 3.42. The molecule has 4 nitrogen and oxygen atoms in total. The molecule has 0 aliphatic carbocycles. The van der Waals surface area contributed by atoms with E-state index in [0.717, 1.165) is 29.7 Å². The maximum absolute atomic E-state index is 4.86. The van der Waals surface area contributed by atoms with Crippen molar-refractivity contribution in [3.63, 3.8) is 0 Å². The summed E-state index contributed by atoms with van der Waals surface area (Å²) in [5, 5.41) is 0. The number of aliphatic imine (C=N–C) groups is 1. The Morgan fingerprint density at radius 2 is 2.13 bits per heavy atom. The van der Waals surface area contributed by atoms with Crippen molar-refractivity contribution in [3.05, 3.63) is 54.9 Å². The highest BCUT2D eigenvalue weighted by atomic mass is 16.5. The molecule has 0 saturated carbocycles. The van der Waals surface area contributed by atoms with Gasteiger partial charge in [0.2, 0.25) is 0 Å². The number of aromatic nitrogens is 2. The number of hydrogen-bond acceptors (Lipinski definition) is 3. The van der Waals surface area contributed by atoms with Crippen molar-refractivity contribution in [2.24, 2.45) is 16.8 Å². The molecule has 0 amide bonds. The van der Waals surface area contributed by atoms with Crippen LogP contribution < -0.4 is 0 Å². The molecule has 0 aliphatic heterocycles. The molecule has 1 aromatic heterocycles. The Bertz CT molecular complexity index is 698. The standard InChI is InChI=1S/C19H25N3O/c1-5-23-9-8-20-13-15(4)11-19-21-17-7-6-16(10-14(2)3)12-18(17)22-19/h5-9,12-15H,1,10-11H2,2-4H3,(H,21,22)/b9-8-,20-13+. The molecule has 0 saturated heterocycles. The predicted molar refractivity (Wildman–Crippen MR) is 96.4 cm³/mol. The number of fused-ring (bicyclic) bond motifs is 1. The van der Waals surface area contributed by atoms with Crippen LogP contribution in [0, 0.1) is 11.8 Å². The molecule has 0 aliphatic rings. The number of aromatic amines is 1. The van der Waals surface area contributed by atoms with Crippen molar-refractivity contribution in [2.75, 3.05) is 0 Å². The predicted octanol–water partition coefficient (Wildman–Crippen LogP) is 4.64. The van der Waals surface area contributed by atoms with E-state index in [1.165, 1.54) is 18.1 Å². The minimum Gasteiger partial charge on any atom is -0.472 e. The van der Waals surface area contributed by atoms with Gasteiger partial charge in [0.25, 0.3) is 0 Å². The summed E-state index contributed by atoms with van der Waals surface area (Å²) in [6.07, 6.45) is 8.26. The molecule has 2 rings (SSSR count). The second-order valence-electron chi connectivity index (χ2n) is 6.20. The first kappa shape index (κ1) is 17.0. The molecule has 2 aromatic rings. The van der Waals surface area contributed by atoms with E-state index in [9.17, 15) is 0 Å². The summed E-state index contributed by atoms with van der Waals surface area (Å²) in [5.41, 5.74) is 3.48. The lowest BCUT2D eigenvalue weighted by Crippen LogP contribution is -2.02. The van der Waals surface area contributed by atoms with E-state index in [0.29, 0.717) is 11.8 Å². The second kappa shape index (κ2) is 8.32. The number of H-pyrrole nitrogens is 1. The number of hydrogen-bond donors (Lipinski definition) is 1.